The van der Waals surface area contributed by atoms with E-state index in [0.29, 0.717) is 18.4 Å². The van der Waals surface area contributed by atoms with Crippen molar-refractivity contribution in [1.29, 1.82) is 0 Å². The minimum absolute atomic E-state index is 0.118. The van der Waals surface area contributed by atoms with Gasteiger partial charge in [-0.05, 0) is 44.2 Å². The summed E-state index contributed by atoms with van der Waals surface area (Å²) in [5, 5.41) is 10.7. The normalized spacial score (nSPS) is 21.2. The molecule has 0 unspecified atom stereocenters. The molecular formula is C17H24N2O4. The molecule has 6 heteroatoms. The van der Waals surface area contributed by atoms with Crippen molar-refractivity contribution in [2.45, 2.75) is 44.7 Å². The van der Waals surface area contributed by atoms with Crippen LogP contribution >= 0.6 is 0 Å². The fourth-order valence-corrected chi connectivity index (χ4v) is 3.25. The summed E-state index contributed by atoms with van der Waals surface area (Å²) in [4.78, 5) is 23.9. The average Bonchev–Trinajstić information content (AvgIpc) is 2.55. The van der Waals surface area contributed by atoms with Gasteiger partial charge in [0.05, 0.1) is 12.0 Å². The van der Waals surface area contributed by atoms with Gasteiger partial charge in [-0.3, -0.25) is 19.8 Å². The standard InChI is InChI=1S/C17H24N2O4/c1-18(12-14-5-9-16(10-6-14)19(21)22)15-7-3-13(4-8-15)11-17(20)23-2/h5-6,9-10,13,15H,3-4,7-8,11-12H2,1-2H3. The second kappa shape index (κ2) is 8.06. The van der Waals surface area contributed by atoms with Gasteiger partial charge in [-0.2, -0.15) is 0 Å². The molecule has 0 N–H and O–H groups in total. The molecule has 0 amide bonds. The summed E-state index contributed by atoms with van der Waals surface area (Å²) in [6.07, 6.45) is 4.76. The van der Waals surface area contributed by atoms with E-state index in [9.17, 15) is 14.9 Å². The number of hydrogen-bond donors (Lipinski definition) is 0. The second-order valence-electron chi connectivity index (χ2n) is 6.29. The molecule has 126 valence electrons. The molecule has 6 nitrogen and oxygen atoms in total. The third-order valence-electron chi connectivity index (χ3n) is 4.70. The van der Waals surface area contributed by atoms with Crippen molar-refractivity contribution in [3.05, 3.63) is 39.9 Å². The maximum absolute atomic E-state index is 11.3. The number of carbonyl (C=O) groups is 1. The zero-order chi connectivity index (χ0) is 16.8. The van der Waals surface area contributed by atoms with Gasteiger partial charge in [-0.1, -0.05) is 12.1 Å². The fourth-order valence-electron chi connectivity index (χ4n) is 3.25. The van der Waals surface area contributed by atoms with Crippen LogP contribution in [0, 0.1) is 16.0 Å². The van der Waals surface area contributed by atoms with Gasteiger partial charge in [0.2, 0.25) is 0 Å². The Morgan fingerprint density at radius 2 is 1.87 bits per heavy atom. The number of rotatable bonds is 6. The van der Waals surface area contributed by atoms with Crippen LogP contribution in [0.2, 0.25) is 0 Å². The molecule has 0 bridgehead atoms. The molecule has 0 saturated heterocycles. The number of esters is 1. The second-order valence-corrected chi connectivity index (χ2v) is 6.29. The summed E-state index contributed by atoms with van der Waals surface area (Å²) in [5.41, 5.74) is 1.20. The largest absolute Gasteiger partial charge is 0.469 e. The first-order valence-corrected chi connectivity index (χ1v) is 8.00. The highest BCUT2D eigenvalue weighted by atomic mass is 16.6. The van der Waals surface area contributed by atoms with E-state index in [1.165, 1.54) is 7.11 Å². The van der Waals surface area contributed by atoms with E-state index in [-0.39, 0.29) is 16.6 Å². The van der Waals surface area contributed by atoms with Crippen LogP contribution in [0.25, 0.3) is 0 Å². The van der Waals surface area contributed by atoms with Gasteiger partial charge in [-0.25, -0.2) is 0 Å². The lowest BCUT2D eigenvalue weighted by atomic mass is 9.83. The monoisotopic (exact) mass is 320 g/mol. The Balaban J connectivity index is 1.81. The number of benzene rings is 1. The number of carbonyl (C=O) groups excluding carboxylic acids is 1. The van der Waals surface area contributed by atoms with Crippen molar-refractivity contribution in [2.24, 2.45) is 5.92 Å². The van der Waals surface area contributed by atoms with Crippen molar-refractivity contribution >= 4 is 11.7 Å². The molecule has 1 aromatic carbocycles. The van der Waals surface area contributed by atoms with E-state index in [4.69, 9.17) is 4.74 Å². The van der Waals surface area contributed by atoms with Crippen molar-refractivity contribution in [3.63, 3.8) is 0 Å². The summed E-state index contributed by atoms with van der Waals surface area (Å²) in [6.45, 7) is 0.782. The van der Waals surface area contributed by atoms with E-state index in [0.717, 1.165) is 37.8 Å². The highest BCUT2D eigenvalue weighted by Gasteiger charge is 2.25. The first-order chi connectivity index (χ1) is 11.0. The van der Waals surface area contributed by atoms with E-state index in [1.807, 2.05) is 12.1 Å². The van der Waals surface area contributed by atoms with Crippen molar-refractivity contribution in [3.8, 4) is 0 Å². The molecule has 0 spiro atoms. The Morgan fingerprint density at radius 1 is 1.26 bits per heavy atom. The molecule has 2 rings (SSSR count). The molecule has 0 aliphatic heterocycles. The summed E-state index contributed by atoms with van der Waals surface area (Å²) in [5.74, 6) is 0.319. The maximum Gasteiger partial charge on any atom is 0.305 e. The highest BCUT2D eigenvalue weighted by Crippen LogP contribution is 2.30. The molecule has 0 aromatic heterocycles. The lowest BCUT2D eigenvalue weighted by Crippen LogP contribution is -2.35. The van der Waals surface area contributed by atoms with Crippen LogP contribution in [0.4, 0.5) is 5.69 Å². The van der Waals surface area contributed by atoms with Crippen molar-refractivity contribution in [1.82, 2.24) is 4.90 Å². The van der Waals surface area contributed by atoms with Gasteiger partial charge < -0.3 is 4.74 Å². The Hall–Kier alpha value is -1.95. The molecule has 1 fully saturated rings. The summed E-state index contributed by atoms with van der Waals surface area (Å²) in [7, 11) is 3.53. The zero-order valence-electron chi connectivity index (χ0n) is 13.7. The van der Waals surface area contributed by atoms with Crippen LogP contribution in [-0.2, 0) is 16.1 Å². The van der Waals surface area contributed by atoms with Crippen LogP contribution in [-0.4, -0.2) is 36.0 Å². The quantitative estimate of drug-likeness (QED) is 0.457. The predicted octanol–water partition coefficient (Wildman–Crippen LogP) is 3.15. The van der Waals surface area contributed by atoms with Gasteiger partial charge in [0, 0.05) is 31.1 Å². The first kappa shape index (κ1) is 17.4. The van der Waals surface area contributed by atoms with Crippen LogP contribution in [0.5, 0.6) is 0 Å². The SMILES string of the molecule is COC(=O)CC1CCC(N(C)Cc2ccc([N+](=O)[O-])cc2)CC1. The minimum atomic E-state index is -0.379. The van der Waals surface area contributed by atoms with Crippen LogP contribution in [0.1, 0.15) is 37.7 Å². The first-order valence-electron chi connectivity index (χ1n) is 8.00. The maximum atomic E-state index is 11.3. The zero-order valence-corrected chi connectivity index (χ0v) is 13.7. The molecule has 1 aliphatic rings. The average molecular weight is 320 g/mol. The number of hydrogen-bond acceptors (Lipinski definition) is 5. The number of non-ortho nitro benzene ring substituents is 1. The van der Waals surface area contributed by atoms with Gasteiger partial charge in [0.15, 0.2) is 0 Å². The molecule has 0 heterocycles. The molecule has 1 aliphatic carbocycles. The van der Waals surface area contributed by atoms with E-state index in [1.54, 1.807) is 12.1 Å². The Labute approximate surface area is 136 Å². The van der Waals surface area contributed by atoms with E-state index < -0.39 is 0 Å². The molecule has 0 atom stereocenters. The number of nitro benzene ring substituents is 1. The number of nitro groups is 1. The summed E-state index contributed by atoms with van der Waals surface area (Å²) >= 11 is 0. The van der Waals surface area contributed by atoms with Crippen molar-refractivity contribution < 1.29 is 14.5 Å². The summed E-state index contributed by atoms with van der Waals surface area (Å²) in [6, 6.07) is 7.24. The Kier molecular flexibility index (Phi) is 6.10. The van der Waals surface area contributed by atoms with Gasteiger partial charge in [0.1, 0.15) is 0 Å². The smallest absolute Gasteiger partial charge is 0.305 e. The molecular weight excluding hydrogens is 296 g/mol. The van der Waals surface area contributed by atoms with E-state index >= 15 is 0 Å². The highest BCUT2D eigenvalue weighted by molar-refractivity contribution is 5.69. The predicted molar refractivity (Wildman–Crippen MR) is 86.9 cm³/mol. The number of nitrogens with zero attached hydrogens (tertiary/aromatic N) is 2. The molecule has 1 aromatic rings. The molecule has 23 heavy (non-hydrogen) atoms. The molecule has 1 saturated carbocycles. The van der Waals surface area contributed by atoms with Gasteiger partial charge in [0.25, 0.3) is 5.69 Å². The van der Waals surface area contributed by atoms with Crippen LogP contribution in [0.15, 0.2) is 24.3 Å². The molecule has 0 radical (unpaired) electrons. The fraction of sp³-hybridized carbons (Fsp3) is 0.588. The topological polar surface area (TPSA) is 72.7 Å². The van der Waals surface area contributed by atoms with E-state index in [2.05, 4.69) is 11.9 Å². The third kappa shape index (κ3) is 5.03. The minimum Gasteiger partial charge on any atom is -0.469 e. The Morgan fingerprint density at radius 3 is 2.39 bits per heavy atom. The van der Waals surface area contributed by atoms with Gasteiger partial charge in [-0.15, -0.1) is 0 Å². The van der Waals surface area contributed by atoms with Crippen molar-refractivity contribution in [2.75, 3.05) is 14.2 Å². The van der Waals surface area contributed by atoms with Crippen LogP contribution < -0.4 is 0 Å². The lowest BCUT2D eigenvalue weighted by molar-refractivity contribution is -0.384. The van der Waals surface area contributed by atoms with Gasteiger partial charge >= 0.3 is 5.97 Å². The number of methoxy groups -OCH3 is 1. The summed E-state index contributed by atoms with van der Waals surface area (Å²) < 4.78 is 4.74. The lowest BCUT2D eigenvalue weighted by Gasteiger charge is -2.34. The third-order valence-corrected chi connectivity index (χ3v) is 4.70. The van der Waals surface area contributed by atoms with Crippen LogP contribution in [0.3, 0.4) is 0 Å². The Bertz CT molecular complexity index is 536. The number of ether oxygens (including phenoxy) is 1.